The van der Waals surface area contributed by atoms with Crippen molar-refractivity contribution in [3.05, 3.63) is 0 Å². The lowest BCUT2D eigenvalue weighted by atomic mass is 10.0. The minimum atomic E-state index is -0.210. The molecular weight excluding hydrogens is 194 g/mol. The first-order valence-corrected chi connectivity index (χ1v) is 5.83. The van der Waals surface area contributed by atoms with Crippen molar-refractivity contribution in [3.8, 4) is 0 Å². The Kier molecular flexibility index (Phi) is 6.17. The Balaban J connectivity index is 2.20. The van der Waals surface area contributed by atoms with Gasteiger partial charge in [0.05, 0.1) is 19.3 Å². The molecule has 0 saturated carbocycles. The summed E-state index contributed by atoms with van der Waals surface area (Å²) in [5.74, 6) is 0.567. The molecule has 0 spiro atoms. The van der Waals surface area contributed by atoms with Crippen LogP contribution in [-0.4, -0.2) is 43.7 Å². The average molecular weight is 217 g/mol. The van der Waals surface area contributed by atoms with Crippen molar-refractivity contribution in [2.45, 2.75) is 38.3 Å². The van der Waals surface area contributed by atoms with Gasteiger partial charge >= 0.3 is 0 Å². The molecule has 2 atom stereocenters. The molecule has 0 aromatic heterocycles. The fraction of sp³-hybridized carbons (Fsp3) is 1.00. The Labute approximate surface area is 91.7 Å². The van der Waals surface area contributed by atoms with Crippen molar-refractivity contribution in [2.75, 3.05) is 26.4 Å². The zero-order chi connectivity index (χ0) is 11.1. The van der Waals surface area contributed by atoms with Gasteiger partial charge in [0, 0.05) is 19.3 Å². The van der Waals surface area contributed by atoms with E-state index in [1.165, 1.54) is 0 Å². The Morgan fingerprint density at radius 2 is 2.13 bits per heavy atom. The predicted octanol–water partition coefficient (Wildman–Crippen LogP) is 0.528. The molecule has 3 N–H and O–H groups in total. The minimum absolute atomic E-state index is 0.0121. The third-order valence-corrected chi connectivity index (χ3v) is 3.02. The van der Waals surface area contributed by atoms with Gasteiger partial charge in [-0.1, -0.05) is 6.92 Å². The van der Waals surface area contributed by atoms with Crippen molar-refractivity contribution in [2.24, 2.45) is 11.7 Å². The Bertz CT molecular complexity index is 160. The van der Waals surface area contributed by atoms with Crippen molar-refractivity contribution >= 4 is 0 Å². The van der Waals surface area contributed by atoms with Gasteiger partial charge in [-0.05, 0) is 25.2 Å². The summed E-state index contributed by atoms with van der Waals surface area (Å²) in [6, 6.07) is -0.0603. The molecule has 0 bridgehead atoms. The number of rotatable bonds is 6. The summed E-state index contributed by atoms with van der Waals surface area (Å²) >= 11 is 0. The lowest BCUT2D eigenvalue weighted by Gasteiger charge is -2.26. The highest BCUT2D eigenvalue weighted by molar-refractivity contribution is 4.72. The lowest BCUT2D eigenvalue weighted by Crippen LogP contribution is -2.40. The van der Waals surface area contributed by atoms with Crippen LogP contribution in [0.1, 0.15) is 26.2 Å². The van der Waals surface area contributed by atoms with Gasteiger partial charge in [0.25, 0.3) is 0 Å². The first-order chi connectivity index (χ1) is 7.27. The largest absolute Gasteiger partial charge is 0.394 e. The van der Waals surface area contributed by atoms with Gasteiger partial charge in [-0.15, -0.1) is 0 Å². The van der Waals surface area contributed by atoms with Crippen LogP contribution in [0.3, 0.4) is 0 Å². The fourth-order valence-corrected chi connectivity index (χ4v) is 1.75. The molecule has 0 radical (unpaired) electrons. The standard InChI is InChI=1S/C11H23NO3/c1-2-10(12)11(7-13)15-8-9-3-5-14-6-4-9/h9-11,13H,2-8,12H2,1H3. The Hall–Kier alpha value is -0.160. The zero-order valence-corrected chi connectivity index (χ0v) is 9.52. The molecule has 1 rings (SSSR count). The number of aliphatic hydroxyl groups excluding tert-OH is 1. The van der Waals surface area contributed by atoms with Crippen LogP contribution in [0, 0.1) is 5.92 Å². The van der Waals surface area contributed by atoms with Gasteiger partial charge in [-0.3, -0.25) is 0 Å². The molecule has 0 aromatic carbocycles. The number of hydrogen-bond donors (Lipinski definition) is 2. The highest BCUT2D eigenvalue weighted by Gasteiger charge is 2.19. The van der Waals surface area contributed by atoms with Crippen LogP contribution < -0.4 is 5.73 Å². The second kappa shape index (κ2) is 7.17. The van der Waals surface area contributed by atoms with Crippen LogP contribution in [0.4, 0.5) is 0 Å². The quantitative estimate of drug-likeness (QED) is 0.681. The topological polar surface area (TPSA) is 64.7 Å². The number of hydrogen-bond acceptors (Lipinski definition) is 4. The van der Waals surface area contributed by atoms with Crippen molar-refractivity contribution < 1.29 is 14.6 Å². The maximum Gasteiger partial charge on any atom is 0.0956 e. The molecule has 0 aromatic rings. The highest BCUT2D eigenvalue weighted by atomic mass is 16.5. The van der Waals surface area contributed by atoms with E-state index >= 15 is 0 Å². The number of ether oxygens (including phenoxy) is 2. The Morgan fingerprint density at radius 3 is 2.67 bits per heavy atom. The van der Waals surface area contributed by atoms with Gasteiger partial charge < -0.3 is 20.3 Å². The van der Waals surface area contributed by atoms with Crippen LogP contribution in [0.2, 0.25) is 0 Å². The molecule has 1 aliphatic rings. The monoisotopic (exact) mass is 217 g/mol. The van der Waals surface area contributed by atoms with Gasteiger partial charge in [-0.25, -0.2) is 0 Å². The SMILES string of the molecule is CCC(N)C(CO)OCC1CCOCC1. The molecule has 0 aliphatic carbocycles. The van der Waals surface area contributed by atoms with Gasteiger partial charge in [0.15, 0.2) is 0 Å². The van der Waals surface area contributed by atoms with Crippen LogP contribution in [0.25, 0.3) is 0 Å². The van der Waals surface area contributed by atoms with Crippen molar-refractivity contribution in [1.29, 1.82) is 0 Å². The first kappa shape index (κ1) is 12.9. The van der Waals surface area contributed by atoms with Gasteiger partial charge in [0.1, 0.15) is 0 Å². The minimum Gasteiger partial charge on any atom is -0.394 e. The fourth-order valence-electron chi connectivity index (χ4n) is 1.75. The molecular formula is C11H23NO3. The van der Waals surface area contributed by atoms with Crippen LogP contribution in [0.5, 0.6) is 0 Å². The summed E-state index contributed by atoms with van der Waals surface area (Å²) in [5, 5.41) is 9.13. The van der Waals surface area contributed by atoms with Crippen LogP contribution in [0.15, 0.2) is 0 Å². The molecule has 4 heteroatoms. The van der Waals surface area contributed by atoms with Gasteiger partial charge in [0.2, 0.25) is 0 Å². The summed E-state index contributed by atoms with van der Waals surface area (Å²) < 4.78 is 10.9. The molecule has 1 saturated heterocycles. The third-order valence-electron chi connectivity index (χ3n) is 3.02. The third kappa shape index (κ3) is 4.47. The normalized spacial score (nSPS) is 22.6. The van der Waals surface area contributed by atoms with E-state index in [1.54, 1.807) is 0 Å². The molecule has 1 heterocycles. The summed E-state index contributed by atoms with van der Waals surface area (Å²) in [4.78, 5) is 0. The second-order valence-corrected chi connectivity index (χ2v) is 4.18. The van der Waals surface area contributed by atoms with E-state index in [-0.39, 0.29) is 18.8 Å². The van der Waals surface area contributed by atoms with Gasteiger partial charge in [-0.2, -0.15) is 0 Å². The second-order valence-electron chi connectivity index (χ2n) is 4.18. The first-order valence-electron chi connectivity index (χ1n) is 5.83. The lowest BCUT2D eigenvalue weighted by molar-refractivity contribution is -0.0400. The smallest absolute Gasteiger partial charge is 0.0956 e. The summed E-state index contributed by atoms with van der Waals surface area (Å²) in [5.41, 5.74) is 5.83. The molecule has 0 amide bonds. The molecule has 90 valence electrons. The Morgan fingerprint density at radius 1 is 1.47 bits per heavy atom. The highest BCUT2D eigenvalue weighted by Crippen LogP contribution is 2.16. The van der Waals surface area contributed by atoms with E-state index in [4.69, 9.17) is 20.3 Å². The molecule has 4 nitrogen and oxygen atoms in total. The molecule has 1 fully saturated rings. The summed E-state index contributed by atoms with van der Waals surface area (Å²) in [6.07, 6.45) is 2.73. The van der Waals surface area contributed by atoms with E-state index in [0.29, 0.717) is 12.5 Å². The summed E-state index contributed by atoms with van der Waals surface area (Å²) in [7, 11) is 0. The molecule has 2 unspecified atom stereocenters. The van der Waals surface area contributed by atoms with E-state index in [0.717, 1.165) is 32.5 Å². The zero-order valence-electron chi connectivity index (χ0n) is 9.52. The van der Waals surface area contributed by atoms with Crippen molar-refractivity contribution in [3.63, 3.8) is 0 Å². The molecule has 1 aliphatic heterocycles. The van der Waals surface area contributed by atoms with Crippen LogP contribution in [-0.2, 0) is 9.47 Å². The van der Waals surface area contributed by atoms with E-state index < -0.39 is 0 Å². The van der Waals surface area contributed by atoms with E-state index in [2.05, 4.69) is 0 Å². The maximum absolute atomic E-state index is 9.13. The van der Waals surface area contributed by atoms with Crippen LogP contribution >= 0.6 is 0 Å². The van der Waals surface area contributed by atoms with E-state index in [9.17, 15) is 0 Å². The number of nitrogens with two attached hydrogens (primary N) is 1. The van der Waals surface area contributed by atoms with E-state index in [1.807, 2.05) is 6.92 Å². The van der Waals surface area contributed by atoms with Crippen molar-refractivity contribution in [1.82, 2.24) is 0 Å². The molecule has 15 heavy (non-hydrogen) atoms. The predicted molar refractivity (Wildman–Crippen MR) is 58.6 cm³/mol. The number of aliphatic hydroxyl groups is 1. The average Bonchev–Trinajstić information content (AvgIpc) is 2.31. The maximum atomic E-state index is 9.13. The summed E-state index contributed by atoms with van der Waals surface area (Å²) in [6.45, 7) is 4.38.